The second kappa shape index (κ2) is 5.18. The highest BCUT2D eigenvalue weighted by atomic mass is 32.2. The van der Waals surface area contributed by atoms with E-state index >= 15 is 0 Å². The van der Waals surface area contributed by atoms with Crippen molar-refractivity contribution in [2.45, 2.75) is 24.5 Å². The number of sulfone groups is 1. The SMILES string of the molecule is COc1ccc2[nH]cc(C(=O)C3CCCCS3(=O)=O)c2c1. The first kappa shape index (κ1) is 14.1. The molecule has 1 aliphatic heterocycles. The largest absolute Gasteiger partial charge is 0.497 e. The van der Waals surface area contributed by atoms with Gasteiger partial charge in [0.15, 0.2) is 15.6 Å². The standard InChI is InChI=1S/C15H17NO4S/c1-20-10-5-6-13-11(8-10)12(9-16-13)15(17)14-4-2-3-7-21(14,18)19/h5-6,8-9,14,16H,2-4,7H2,1H3. The van der Waals surface area contributed by atoms with E-state index in [0.717, 1.165) is 11.9 Å². The summed E-state index contributed by atoms with van der Waals surface area (Å²) in [5, 5.41) is -0.198. The molecule has 2 heterocycles. The molecule has 1 aromatic carbocycles. The smallest absolute Gasteiger partial charge is 0.183 e. The fraction of sp³-hybridized carbons (Fsp3) is 0.400. The summed E-state index contributed by atoms with van der Waals surface area (Å²) in [7, 11) is -1.77. The lowest BCUT2D eigenvalue weighted by atomic mass is 10.0. The summed E-state index contributed by atoms with van der Waals surface area (Å²) in [6, 6.07) is 5.37. The fourth-order valence-corrected chi connectivity index (χ4v) is 4.72. The molecule has 1 aliphatic rings. The van der Waals surface area contributed by atoms with E-state index in [9.17, 15) is 13.2 Å². The molecular weight excluding hydrogens is 290 g/mol. The molecule has 5 nitrogen and oxygen atoms in total. The molecule has 0 aliphatic carbocycles. The molecule has 21 heavy (non-hydrogen) atoms. The van der Waals surface area contributed by atoms with E-state index in [1.807, 2.05) is 6.07 Å². The summed E-state index contributed by atoms with van der Waals surface area (Å²) in [6.07, 6.45) is 3.43. The van der Waals surface area contributed by atoms with Gasteiger partial charge in [0.25, 0.3) is 0 Å². The lowest BCUT2D eigenvalue weighted by molar-refractivity contribution is 0.0983. The third-order valence-corrected chi connectivity index (χ3v) is 6.20. The zero-order valence-electron chi connectivity index (χ0n) is 11.8. The van der Waals surface area contributed by atoms with Gasteiger partial charge in [-0.3, -0.25) is 4.79 Å². The lowest BCUT2D eigenvalue weighted by Gasteiger charge is -2.20. The molecule has 6 heteroatoms. The van der Waals surface area contributed by atoms with Crippen molar-refractivity contribution in [3.05, 3.63) is 30.0 Å². The first-order valence-electron chi connectivity index (χ1n) is 6.94. The molecule has 1 atom stereocenters. The Labute approximate surface area is 123 Å². The number of aromatic nitrogens is 1. The first-order chi connectivity index (χ1) is 10.0. The van der Waals surface area contributed by atoms with Crippen molar-refractivity contribution in [2.24, 2.45) is 0 Å². The topological polar surface area (TPSA) is 76.2 Å². The lowest BCUT2D eigenvalue weighted by Crippen LogP contribution is -2.35. The van der Waals surface area contributed by atoms with Crippen LogP contribution < -0.4 is 4.74 Å². The second-order valence-corrected chi connectivity index (χ2v) is 7.63. The van der Waals surface area contributed by atoms with Crippen LogP contribution in [0.2, 0.25) is 0 Å². The third kappa shape index (κ3) is 2.44. The van der Waals surface area contributed by atoms with Crippen LogP contribution in [0, 0.1) is 0 Å². The number of nitrogens with one attached hydrogen (secondary N) is 1. The number of ether oxygens (including phenoxy) is 1. The molecule has 1 aromatic heterocycles. The van der Waals surface area contributed by atoms with Crippen molar-refractivity contribution in [1.82, 2.24) is 4.98 Å². The molecule has 1 fully saturated rings. The zero-order chi connectivity index (χ0) is 15.0. The van der Waals surface area contributed by atoms with Crippen LogP contribution >= 0.6 is 0 Å². The van der Waals surface area contributed by atoms with Gasteiger partial charge in [-0.05, 0) is 31.0 Å². The minimum absolute atomic E-state index is 0.106. The summed E-state index contributed by atoms with van der Waals surface area (Å²) >= 11 is 0. The number of Topliss-reactive ketones (excluding diaryl/α,β-unsaturated/α-hetero) is 1. The van der Waals surface area contributed by atoms with Gasteiger partial charge in [-0.2, -0.15) is 0 Å². The summed E-state index contributed by atoms with van der Waals surface area (Å²) in [5.74, 6) is 0.437. The predicted octanol–water partition coefficient (Wildman–Crippen LogP) is 2.33. The number of benzene rings is 1. The summed E-state index contributed by atoms with van der Waals surface area (Å²) < 4.78 is 29.4. The van der Waals surface area contributed by atoms with Crippen LogP contribution in [-0.4, -0.2) is 37.3 Å². The molecule has 2 aromatic rings. The Morgan fingerprint density at radius 2 is 2.14 bits per heavy atom. The van der Waals surface area contributed by atoms with Gasteiger partial charge in [-0.1, -0.05) is 6.42 Å². The van der Waals surface area contributed by atoms with Crippen molar-refractivity contribution in [2.75, 3.05) is 12.9 Å². The molecular formula is C15H17NO4S. The van der Waals surface area contributed by atoms with Gasteiger partial charge in [0.2, 0.25) is 0 Å². The summed E-state index contributed by atoms with van der Waals surface area (Å²) in [5.41, 5.74) is 1.23. The van der Waals surface area contributed by atoms with Gasteiger partial charge < -0.3 is 9.72 Å². The minimum Gasteiger partial charge on any atom is -0.497 e. The van der Waals surface area contributed by atoms with Crippen molar-refractivity contribution in [3.63, 3.8) is 0 Å². The zero-order valence-corrected chi connectivity index (χ0v) is 12.6. The Morgan fingerprint density at radius 3 is 2.86 bits per heavy atom. The Kier molecular flexibility index (Phi) is 3.49. The average molecular weight is 307 g/mol. The van der Waals surface area contributed by atoms with Gasteiger partial charge in [-0.25, -0.2) is 8.42 Å². The van der Waals surface area contributed by atoms with Crippen LogP contribution in [0.1, 0.15) is 29.6 Å². The number of methoxy groups -OCH3 is 1. The monoisotopic (exact) mass is 307 g/mol. The number of hydrogen-bond acceptors (Lipinski definition) is 4. The number of fused-ring (bicyclic) bond motifs is 1. The second-order valence-electron chi connectivity index (χ2n) is 5.33. The molecule has 0 saturated carbocycles. The first-order valence-corrected chi connectivity index (χ1v) is 8.65. The van der Waals surface area contributed by atoms with Crippen molar-refractivity contribution in [1.29, 1.82) is 0 Å². The quantitative estimate of drug-likeness (QED) is 0.883. The van der Waals surface area contributed by atoms with Crippen molar-refractivity contribution in [3.8, 4) is 5.75 Å². The van der Waals surface area contributed by atoms with Crippen molar-refractivity contribution < 1.29 is 17.9 Å². The molecule has 1 N–H and O–H groups in total. The van der Waals surface area contributed by atoms with E-state index in [1.165, 1.54) is 0 Å². The number of rotatable bonds is 3. The highest BCUT2D eigenvalue weighted by Gasteiger charge is 2.36. The van der Waals surface area contributed by atoms with Gasteiger partial charge in [0, 0.05) is 22.7 Å². The molecule has 0 radical (unpaired) electrons. The number of hydrogen-bond donors (Lipinski definition) is 1. The van der Waals surface area contributed by atoms with Crippen LogP contribution in [0.5, 0.6) is 5.75 Å². The third-order valence-electron chi connectivity index (χ3n) is 4.03. The molecule has 0 amide bonds. The normalized spacial score (nSPS) is 21.3. The molecule has 0 bridgehead atoms. The summed E-state index contributed by atoms with van der Waals surface area (Å²) in [6.45, 7) is 0. The molecule has 1 unspecified atom stereocenters. The maximum absolute atomic E-state index is 12.7. The van der Waals surface area contributed by atoms with E-state index in [1.54, 1.807) is 25.4 Å². The van der Waals surface area contributed by atoms with Gasteiger partial charge in [-0.15, -0.1) is 0 Å². The van der Waals surface area contributed by atoms with Crippen LogP contribution in [0.4, 0.5) is 0 Å². The molecule has 0 spiro atoms. The molecule has 1 saturated heterocycles. The van der Waals surface area contributed by atoms with Crippen molar-refractivity contribution >= 4 is 26.5 Å². The number of H-pyrrole nitrogens is 1. The van der Waals surface area contributed by atoms with E-state index in [-0.39, 0.29) is 11.5 Å². The van der Waals surface area contributed by atoms with E-state index in [2.05, 4.69) is 4.98 Å². The van der Waals surface area contributed by atoms with Crippen LogP contribution in [0.15, 0.2) is 24.4 Å². The Morgan fingerprint density at radius 1 is 1.33 bits per heavy atom. The fourth-order valence-electron chi connectivity index (χ4n) is 2.85. The maximum atomic E-state index is 12.7. The van der Waals surface area contributed by atoms with E-state index in [4.69, 9.17) is 4.74 Å². The van der Waals surface area contributed by atoms with Crippen LogP contribution in [-0.2, 0) is 9.84 Å². The number of aromatic amines is 1. The Bertz CT molecular complexity index is 791. The van der Waals surface area contributed by atoms with E-state index < -0.39 is 15.1 Å². The predicted molar refractivity (Wildman–Crippen MR) is 80.6 cm³/mol. The Balaban J connectivity index is 2.05. The number of ketones is 1. The van der Waals surface area contributed by atoms with E-state index in [0.29, 0.717) is 29.5 Å². The number of carbonyl (C=O) groups excluding carboxylic acids is 1. The highest BCUT2D eigenvalue weighted by Crippen LogP contribution is 2.28. The molecule has 112 valence electrons. The molecule has 3 rings (SSSR count). The summed E-state index contributed by atoms with van der Waals surface area (Å²) in [4.78, 5) is 15.7. The highest BCUT2D eigenvalue weighted by molar-refractivity contribution is 7.92. The average Bonchev–Trinajstić information content (AvgIpc) is 2.89. The minimum atomic E-state index is -3.33. The van der Waals surface area contributed by atoms with Gasteiger partial charge in [0.05, 0.1) is 12.9 Å². The van der Waals surface area contributed by atoms with Gasteiger partial charge >= 0.3 is 0 Å². The van der Waals surface area contributed by atoms with Crippen LogP contribution in [0.25, 0.3) is 10.9 Å². The number of carbonyl (C=O) groups is 1. The Hall–Kier alpha value is -1.82. The van der Waals surface area contributed by atoms with Crippen LogP contribution in [0.3, 0.4) is 0 Å². The maximum Gasteiger partial charge on any atom is 0.183 e. The van der Waals surface area contributed by atoms with Gasteiger partial charge in [0.1, 0.15) is 11.0 Å².